The van der Waals surface area contributed by atoms with Gasteiger partial charge >= 0.3 is 0 Å². The molecule has 0 saturated carbocycles. The third-order valence-electron chi connectivity index (χ3n) is 5.45. The number of ether oxygens (including phenoxy) is 2. The lowest BCUT2D eigenvalue weighted by Crippen LogP contribution is -2.48. The van der Waals surface area contributed by atoms with Crippen LogP contribution in [0.4, 0.5) is 0 Å². The Bertz CT molecular complexity index is 751. The molecule has 2 heterocycles. The number of benzene rings is 2. The van der Waals surface area contributed by atoms with Gasteiger partial charge in [-0.25, -0.2) is 0 Å². The molecule has 1 atom stereocenters. The van der Waals surface area contributed by atoms with Crippen LogP contribution in [0.1, 0.15) is 43.9 Å². The summed E-state index contributed by atoms with van der Waals surface area (Å²) in [6.45, 7) is 9.62. The monoisotopic (exact) mass is 366 g/mol. The summed E-state index contributed by atoms with van der Waals surface area (Å²) in [5, 5.41) is 3.72. The Hall–Kier alpha value is -2.04. The maximum Gasteiger partial charge on any atom is 0.162 e. The summed E-state index contributed by atoms with van der Waals surface area (Å²) in [5.74, 6) is 1.65. The fraction of sp³-hybridized carbons (Fsp3) is 0.478. The standard InChI is InChI=1S/C23H30N2O2/c1-23(2,17-25-13-5-6-14-25)24-15-18-9-11-19(12-10-18)22-16-26-20-7-3-4-8-21(20)27-22/h3-4,7-12,22,24H,5-6,13-17H2,1-2H3. The second kappa shape index (κ2) is 7.91. The second-order valence-corrected chi connectivity index (χ2v) is 8.33. The van der Waals surface area contributed by atoms with Crippen LogP contribution < -0.4 is 14.8 Å². The molecule has 1 saturated heterocycles. The Labute approximate surface area is 162 Å². The van der Waals surface area contributed by atoms with Crippen molar-refractivity contribution in [2.75, 3.05) is 26.2 Å². The summed E-state index contributed by atoms with van der Waals surface area (Å²) in [4.78, 5) is 2.56. The number of nitrogens with zero attached hydrogens (tertiary/aromatic N) is 1. The third kappa shape index (κ3) is 4.63. The van der Waals surface area contributed by atoms with Gasteiger partial charge in [0.2, 0.25) is 0 Å². The summed E-state index contributed by atoms with van der Waals surface area (Å²) >= 11 is 0. The molecule has 0 radical (unpaired) electrons. The predicted octanol–water partition coefficient (Wildman–Crippen LogP) is 4.16. The van der Waals surface area contributed by atoms with Crippen LogP contribution in [-0.4, -0.2) is 36.7 Å². The number of para-hydroxylation sites is 2. The maximum atomic E-state index is 6.10. The van der Waals surface area contributed by atoms with E-state index in [0.29, 0.717) is 6.61 Å². The molecule has 144 valence electrons. The van der Waals surface area contributed by atoms with E-state index in [2.05, 4.69) is 48.3 Å². The molecule has 2 aliphatic rings. The van der Waals surface area contributed by atoms with Crippen LogP contribution in [0.15, 0.2) is 48.5 Å². The van der Waals surface area contributed by atoms with Crippen LogP contribution in [-0.2, 0) is 6.54 Å². The number of fused-ring (bicyclic) bond motifs is 1. The predicted molar refractivity (Wildman–Crippen MR) is 108 cm³/mol. The largest absolute Gasteiger partial charge is 0.485 e. The highest BCUT2D eigenvalue weighted by atomic mass is 16.6. The van der Waals surface area contributed by atoms with Crippen LogP contribution >= 0.6 is 0 Å². The Kier molecular flexibility index (Phi) is 5.37. The van der Waals surface area contributed by atoms with E-state index < -0.39 is 0 Å². The van der Waals surface area contributed by atoms with E-state index in [9.17, 15) is 0 Å². The molecule has 1 fully saturated rings. The summed E-state index contributed by atoms with van der Waals surface area (Å²) in [7, 11) is 0. The van der Waals surface area contributed by atoms with Crippen molar-refractivity contribution in [3.63, 3.8) is 0 Å². The minimum Gasteiger partial charge on any atom is -0.485 e. The van der Waals surface area contributed by atoms with E-state index in [1.54, 1.807) is 0 Å². The highest BCUT2D eigenvalue weighted by molar-refractivity contribution is 5.41. The Morgan fingerprint density at radius 3 is 2.44 bits per heavy atom. The molecule has 0 amide bonds. The van der Waals surface area contributed by atoms with Crippen molar-refractivity contribution in [1.29, 1.82) is 0 Å². The number of hydrogen-bond donors (Lipinski definition) is 1. The van der Waals surface area contributed by atoms with Crippen LogP contribution in [0.25, 0.3) is 0 Å². The smallest absolute Gasteiger partial charge is 0.162 e. The van der Waals surface area contributed by atoms with Gasteiger partial charge in [0.15, 0.2) is 17.6 Å². The highest BCUT2D eigenvalue weighted by Gasteiger charge is 2.24. The van der Waals surface area contributed by atoms with Crippen LogP contribution in [0.5, 0.6) is 11.5 Å². The van der Waals surface area contributed by atoms with Crippen molar-refractivity contribution in [2.24, 2.45) is 0 Å². The van der Waals surface area contributed by atoms with Crippen molar-refractivity contribution in [1.82, 2.24) is 10.2 Å². The van der Waals surface area contributed by atoms with Gasteiger partial charge in [0.25, 0.3) is 0 Å². The zero-order chi connectivity index (χ0) is 18.7. The van der Waals surface area contributed by atoms with Gasteiger partial charge in [0, 0.05) is 18.6 Å². The minimum atomic E-state index is -0.0477. The first-order valence-corrected chi connectivity index (χ1v) is 10.0. The third-order valence-corrected chi connectivity index (χ3v) is 5.45. The zero-order valence-corrected chi connectivity index (χ0v) is 16.4. The average molecular weight is 367 g/mol. The number of likely N-dealkylation sites (tertiary alicyclic amines) is 1. The lowest BCUT2D eigenvalue weighted by molar-refractivity contribution is 0.0913. The molecule has 0 spiro atoms. The van der Waals surface area contributed by atoms with Crippen molar-refractivity contribution in [3.05, 3.63) is 59.7 Å². The van der Waals surface area contributed by atoms with E-state index >= 15 is 0 Å². The summed E-state index contributed by atoms with van der Waals surface area (Å²) in [6, 6.07) is 16.6. The SMILES string of the molecule is CC(C)(CN1CCCC1)NCc1ccc(C2COc3ccccc3O2)cc1. The Morgan fingerprint density at radius 2 is 1.70 bits per heavy atom. The molecule has 0 bridgehead atoms. The molecule has 0 aromatic heterocycles. The molecule has 2 aliphatic heterocycles. The van der Waals surface area contributed by atoms with Gasteiger partial charge < -0.3 is 19.7 Å². The van der Waals surface area contributed by atoms with Gasteiger partial charge in [-0.2, -0.15) is 0 Å². The van der Waals surface area contributed by atoms with Crippen molar-refractivity contribution < 1.29 is 9.47 Å². The van der Waals surface area contributed by atoms with Crippen molar-refractivity contribution in [2.45, 2.75) is 44.9 Å². The van der Waals surface area contributed by atoms with Crippen LogP contribution in [0.3, 0.4) is 0 Å². The fourth-order valence-electron chi connectivity index (χ4n) is 3.93. The molecule has 4 rings (SSSR count). The fourth-order valence-corrected chi connectivity index (χ4v) is 3.93. The summed E-state index contributed by atoms with van der Waals surface area (Å²) in [5.41, 5.74) is 2.57. The van der Waals surface area contributed by atoms with E-state index in [1.807, 2.05) is 24.3 Å². The number of hydrogen-bond acceptors (Lipinski definition) is 4. The highest BCUT2D eigenvalue weighted by Crippen LogP contribution is 2.35. The molecule has 1 N–H and O–H groups in total. The normalized spacial score (nSPS) is 20.0. The second-order valence-electron chi connectivity index (χ2n) is 8.33. The van der Waals surface area contributed by atoms with Crippen molar-refractivity contribution >= 4 is 0 Å². The Balaban J connectivity index is 1.32. The van der Waals surface area contributed by atoms with Gasteiger partial charge in [-0.05, 0) is 63.0 Å². The molecule has 27 heavy (non-hydrogen) atoms. The lowest BCUT2D eigenvalue weighted by Gasteiger charge is -2.31. The van der Waals surface area contributed by atoms with Crippen LogP contribution in [0.2, 0.25) is 0 Å². The zero-order valence-electron chi connectivity index (χ0n) is 16.4. The van der Waals surface area contributed by atoms with Crippen molar-refractivity contribution in [3.8, 4) is 11.5 Å². The summed E-state index contributed by atoms with van der Waals surface area (Å²) < 4.78 is 11.9. The van der Waals surface area contributed by atoms with Gasteiger partial charge in [-0.15, -0.1) is 0 Å². The van der Waals surface area contributed by atoms with E-state index in [4.69, 9.17) is 9.47 Å². The molecule has 2 aromatic carbocycles. The van der Waals surface area contributed by atoms with Gasteiger partial charge in [0.1, 0.15) is 6.61 Å². The number of nitrogens with one attached hydrogen (secondary N) is 1. The molecule has 2 aromatic rings. The average Bonchev–Trinajstić information content (AvgIpc) is 3.19. The first kappa shape index (κ1) is 18.3. The van der Waals surface area contributed by atoms with E-state index in [1.165, 1.54) is 31.5 Å². The molecule has 4 heteroatoms. The quantitative estimate of drug-likeness (QED) is 0.832. The molecular formula is C23H30N2O2. The molecular weight excluding hydrogens is 336 g/mol. The molecule has 0 aliphatic carbocycles. The lowest BCUT2D eigenvalue weighted by atomic mass is 10.0. The summed E-state index contributed by atoms with van der Waals surface area (Å²) in [6.07, 6.45) is 2.64. The maximum absolute atomic E-state index is 6.10. The Morgan fingerprint density at radius 1 is 1.00 bits per heavy atom. The first-order chi connectivity index (χ1) is 13.1. The molecule has 4 nitrogen and oxygen atoms in total. The number of rotatable bonds is 6. The first-order valence-electron chi connectivity index (χ1n) is 10.0. The van der Waals surface area contributed by atoms with E-state index in [0.717, 1.165) is 30.2 Å². The minimum absolute atomic E-state index is 0.0477. The van der Waals surface area contributed by atoms with Gasteiger partial charge in [-0.3, -0.25) is 0 Å². The topological polar surface area (TPSA) is 33.7 Å². The van der Waals surface area contributed by atoms with Crippen LogP contribution in [0, 0.1) is 0 Å². The van der Waals surface area contributed by atoms with Gasteiger partial charge in [0.05, 0.1) is 0 Å². The molecule has 1 unspecified atom stereocenters. The van der Waals surface area contributed by atoms with Gasteiger partial charge in [-0.1, -0.05) is 36.4 Å². The van der Waals surface area contributed by atoms with E-state index in [-0.39, 0.29) is 11.6 Å².